The van der Waals surface area contributed by atoms with Gasteiger partial charge in [0.2, 0.25) is 0 Å². The van der Waals surface area contributed by atoms with E-state index in [4.69, 9.17) is 9.84 Å². The summed E-state index contributed by atoms with van der Waals surface area (Å²) in [6.07, 6.45) is 0.882. The van der Waals surface area contributed by atoms with Crippen LogP contribution in [0.2, 0.25) is 0 Å². The molecule has 0 bridgehead atoms. The Morgan fingerprint density at radius 1 is 1.33 bits per heavy atom. The third kappa shape index (κ3) is 5.73. The summed E-state index contributed by atoms with van der Waals surface area (Å²) in [5, 5.41) is 12.3. The van der Waals surface area contributed by atoms with Crippen molar-refractivity contribution in [2.75, 3.05) is 33.4 Å². The van der Waals surface area contributed by atoms with E-state index in [2.05, 4.69) is 10.1 Å². The summed E-state index contributed by atoms with van der Waals surface area (Å²) in [5.41, 5.74) is 1.05. The molecule has 1 aromatic rings. The van der Waals surface area contributed by atoms with Crippen LogP contribution in [0.15, 0.2) is 24.3 Å². The largest absolute Gasteiger partial charge is 0.494 e. The minimum atomic E-state index is -0.870. The first kappa shape index (κ1) is 18.1. The van der Waals surface area contributed by atoms with Gasteiger partial charge in [0.05, 0.1) is 13.7 Å². The molecule has 1 amide bonds. The van der Waals surface area contributed by atoms with Crippen LogP contribution in [0.25, 0.3) is 0 Å². The minimum Gasteiger partial charge on any atom is -0.494 e. The Kier molecular flexibility index (Phi) is 6.87. The number of nitrogens with zero attached hydrogens (tertiary/aromatic N) is 1. The van der Waals surface area contributed by atoms with Gasteiger partial charge >= 0.3 is 12.1 Å². The van der Waals surface area contributed by atoms with E-state index in [-0.39, 0.29) is 12.0 Å². The highest BCUT2D eigenvalue weighted by atomic mass is 16.5. The van der Waals surface area contributed by atoms with E-state index < -0.39 is 6.09 Å². The molecular formula is C17H24N2O5. The highest BCUT2D eigenvalue weighted by Gasteiger charge is 2.22. The second kappa shape index (κ2) is 9.12. The highest BCUT2D eigenvalue weighted by Crippen LogP contribution is 2.14. The Labute approximate surface area is 141 Å². The summed E-state index contributed by atoms with van der Waals surface area (Å²) in [6.45, 7) is 2.21. The maximum Gasteiger partial charge on any atom is 0.407 e. The molecule has 2 N–H and O–H groups in total. The van der Waals surface area contributed by atoms with Crippen molar-refractivity contribution < 1.29 is 24.2 Å². The fourth-order valence-corrected chi connectivity index (χ4v) is 2.61. The van der Waals surface area contributed by atoms with Crippen molar-refractivity contribution in [2.45, 2.75) is 25.3 Å². The van der Waals surface area contributed by atoms with E-state index >= 15 is 0 Å². The van der Waals surface area contributed by atoms with Gasteiger partial charge in [0.25, 0.3) is 0 Å². The Hall–Kier alpha value is -2.28. The summed E-state index contributed by atoms with van der Waals surface area (Å²) in [7, 11) is 1.39. The number of methoxy groups -OCH3 is 1. The van der Waals surface area contributed by atoms with Gasteiger partial charge < -0.3 is 24.8 Å². The first-order valence-electron chi connectivity index (χ1n) is 8.08. The lowest BCUT2D eigenvalue weighted by Gasteiger charge is -2.31. The molecule has 1 aromatic carbocycles. The number of carbonyl (C=O) groups excluding carboxylic acids is 1. The van der Waals surface area contributed by atoms with Crippen LogP contribution >= 0.6 is 0 Å². The van der Waals surface area contributed by atoms with E-state index in [1.165, 1.54) is 12.0 Å². The smallest absolute Gasteiger partial charge is 0.407 e. The highest BCUT2D eigenvalue weighted by molar-refractivity contribution is 5.69. The molecule has 0 unspecified atom stereocenters. The lowest BCUT2D eigenvalue weighted by atomic mass is 10.1. The van der Waals surface area contributed by atoms with Crippen LogP contribution in [-0.2, 0) is 16.0 Å². The van der Waals surface area contributed by atoms with Crippen molar-refractivity contribution in [3.63, 3.8) is 0 Å². The summed E-state index contributed by atoms with van der Waals surface area (Å²) < 4.78 is 10.3. The van der Waals surface area contributed by atoms with Gasteiger partial charge in [0, 0.05) is 32.1 Å². The average Bonchev–Trinajstić information content (AvgIpc) is 2.61. The zero-order chi connectivity index (χ0) is 17.4. The van der Waals surface area contributed by atoms with E-state index in [1.54, 1.807) is 0 Å². The second-order valence-corrected chi connectivity index (χ2v) is 5.74. The number of esters is 1. The molecule has 24 heavy (non-hydrogen) atoms. The number of ether oxygens (including phenoxy) is 2. The molecule has 0 aromatic heterocycles. The molecule has 7 nitrogen and oxygen atoms in total. The summed E-state index contributed by atoms with van der Waals surface area (Å²) >= 11 is 0. The van der Waals surface area contributed by atoms with Crippen molar-refractivity contribution in [1.82, 2.24) is 10.2 Å². The summed E-state index contributed by atoms with van der Waals surface area (Å²) in [6, 6.07) is 7.75. The molecule has 0 spiro atoms. The number of carbonyl (C=O) groups is 2. The zero-order valence-electron chi connectivity index (χ0n) is 13.9. The lowest BCUT2D eigenvalue weighted by molar-refractivity contribution is -0.140. The molecule has 2 rings (SSSR count). The third-order valence-corrected chi connectivity index (χ3v) is 4.03. The molecule has 1 heterocycles. The van der Waals surface area contributed by atoms with E-state index in [9.17, 15) is 9.59 Å². The van der Waals surface area contributed by atoms with Crippen LogP contribution in [-0.4, -0.2) is 61.5 Å². The summed E-state index contributed by atoms with van der Waals surface area (Å²) in [4.78, 5) is 23.5. The van der Waals surface area contributed by atoms with Gasteiger partial charge in [-0.25, -0.2) is 4.79 Å². The quantitative estimate of drug-likeness (QED) is 0.734. The number of amides is 1. The van der Waals surface area contributed by atoms with Crippen molar-refractivity contribution in [2.24, 2.45) is 0 Å². The van der Waals surface area contributed by atoms with Gasteiger partial charge in [-0.3, -0.25) is 4.79 Å². The predicted molar refractivity (Wildman–Crippen MR) is 88.3 cm³/mol. The van der Waals surface area contributed by atoms with Gasteiger partial charge in [-0.05, 0) is 30.5 Å². The number of nitrogens with one attached hydrogen (secondary N) is 1. The van der Waals surface area contributed by atoms with Crippen LogP contribution in [0.5, 0.6) is 5.75 Å². The molecule has 1 aliphatic rings. The monoisotopic (exact) mass is 336 g/mol. The normalized spacial score (nSPS) is 17.4. The Bertz CT molecular complexity index is 546. The fraction of sp³-hybridized carbons (Fsp3) is 0.529. The lowest BCUT2D eigenvalue weighted by Crippen LogP contribution is -2.52. The van der Waals surface area contributed by atoms with Crippen molar-refractivity contribution in [3.8, 4) is 5.75 Å². The maximum absolute atomic E-state index is 11.1. The van der Waals surface area contributed by atoms with Gasteiger partial charge in [0.1, 0.15) is 5.75 Å². The van der Waals surface area contributed by atoms with Gasteiger partial charge in [-0.1, -0.05) is 12.1 Å². The minimum absolute atomic E-state index is 0.120. The van der Waals surface area contributed by atoms with Crippen LogP contribution < -0.4 is 10.1 Å². The number of piperazine rings is 1. The van der Waals surface area contributed by atoms with Crippen molar-refractivity contribution in [3.05, 3.63) is 29.8 Å². The van der Waals surface area contributed by atoms with Crippen LogP contribution in [0.4, 0.5) is 4.79 Å². The van der Waals surface area contributed by atoms with E-state index in [0.717, 1.165) is 17.7 Å². The Morgan fingerprint density at radius 3 is 2.75 bits per heavy atom. The van der Waals surface area contributed by atoms with Gasteiger partial charge in [0.15, 0.2) is 0 Å². The SMILES string of the molecule is COC(=O)CCc1ccc(OCC[C@@H]2CN(C(=O)O)CCN2)cc1. The second-order valence-electron chi connectivity index (χ2n) is 5.74. The Balaban J connectivity index is 1.70. The van der Waals surface area contributed by atoms with Gasteiger partial charge in [-0.2, -0.15) is 0 Å². The molecule has 0 saturated carbocycles. The van der Waals surface area contributed by atoms with E-state index in [0.29, 0.717) is 39.1 Å². The number of carboxylic acid groups (broad SMARTS) is 1. The first-order chi connectivity index (χ1) is 11.6. The van der Waals surface area contributed by atoms with E-state index in [1.807, 2.05) is 24.3 Å². The number of benzene rings is 1. The van der Waals surface area contributed by atoms with Crippen LogP contribution in [0.3, 0.4) is 0 Å². The first-order valence-corrected chi connectivity index (χ1v) is 8.08. The molecule has 1 saturated heterocycles. The molecule has 132 valence electrons. The van der Waals surface area contributed by atoms with Crippen molar-refractivity contribution >= 4 is 12.1 Å². The number of aryl methyl sites for hydroxylation is 1. The molecule has 0 radical (unpaired) electrons. The summed E-state index contributed by atoms with van der Waals surface area (Å²) in [5.74, 6) is 0.549. The molecule has 7 heteroatoms. The van der Waals surface area contributed by atoms with Crippen LogP contribution in [0.1, 0.15) is 18.4 Å². The van der Waals surface area contributed by atoms with Gasteiger partial charge in [-0.15, -0.1) is 0 Å². The number of rotatable bonds is 7. The maximum atomic E-state index is 11.1. The zero-order valence-corrected chi connectivity index (χ0v) is 13.9. The topological polar surface area (TPSA) is 88.1 Å². The molecule has 1 aliphatic heterocycles. The number of hydrogen-bond donors (Lipinski definition) is 2. The fourth-order valence-electron chi connectivity index (χ4n) is 2.61. The number of hydrogen-bond acceptors (Lipinski definition) is 5. The molecular weight excluding hydrogens is 312 g/mol. The van der Waals surface area contributed by atoms with Crippen molar-refractivity contribution in [1.29, 1.82) is 0 Å². The molecule has 0 aliphatic carbocycles. The van der Waals surface area contributed by atoms with Crippen LogP contribution in [0, 0.1) is 0 Å². The third-order valence-electron chi connectivity index (χ3n) is 4.03. The Morgan fingerprint density at radius 2 is 2.08 bits per heavy atom. The standard InChI is InChI=1S/C17H24N2O5/c1-23-16(20)7-4-13-2-5-15(6-3-13)24-11-8-14-12-19(17(21)22)10-9-18-14/h2-3,5-6,14,18H,4,7-12H2,1H3,(H,21,22)/t14-/m1/s1. The average molecular weight is 336 g/mol. The molecule has 1 fully saturated rings. The molecule has 1 atom stereocenters. The predicted octanol–water partition coefficient (Wildman–Crippen LogP) is 1.51.